The van der Waals surface area contributed by atoms with E-state index < -0.39 is 0 Å². The van der Waals surface area contributed by atoms with E-state index in [1.807, 2.05) is 13.8 Å². The van der Waals surface area contributed by atoms with Crippen LogP contribution in [0.3, 0.4) is 0 Å². The molecule has 0 atom stereocenters. The predicted octanol–water partition coefficient (Wildman–Crippen LogP) is 2.97. The van der Waals surface area contributed by atoms with Crippen LogP contribution in [0.2, 0.25) is 5.02 Å². The molecule has 0 radical (unpaired) electrons. The molecule has 0 aliphatic heterocycles. The Balaban J connectivity index is 3.42. The fourth-order valence-electron chi connectivity index (χ4n) is 1.44. The molecular weight excluding hydrogens is 200 g/mol. The zero-order valence-corrected chi connectivity index (χ0v) is 9.39. The van der Waals surface area contributed by atoms with Gasteiger partial charge in [-0.15, -0.1) is 0 Å². The topological polar surface area (TPSA) is 40.5 Å². The van der Waals surface area contributed by atoms with Crippen LogP contribution in [0.15, 0.2) is 6.07 Å². The maximum absolute atomic E-state index is 9.85. The van der Waals surface area contributed by atoms with Crippen LogP contribution in [0.5, 0.6) is 5.75 Å². The van der Waals surface area contributed by atoms with Gasteiger partial charge in [-0.3, -0.25) is 0 Å². The molecule has 0 aliphatic carbocycles. The van der Waals surface area contributed by atoms with E-state index in [0.717, 1.165) is 11.1 Å². The van der Waals surface area contributed by atoms with Crippen LogP contribution in [-0.4, -0.2) is 10.2 Å². The number of aromatic hydroxyl groups is 1. The van der Waals surface area contributed by atoms with Crippen molar-refractivity contribution in [2.24, 2.45) is 0 Å². The van der Waals surface area contributed by atoms with Crippen molar-refractivity contribution >= 4 is 11.6 Å². The van der Waals surface area contributed by atoms with Gasteiger partial charge in [0.25, 0.3) is 0 Å². The van der Waals surface area contributed by atoms with Gasteiger partial charge in [0.1, 0.15) is 5.75 Å². The number of aliphatic hydroxyl groups excluding tert-OH is 1. The summed E-state index contributed by atoms with van der Waals surface area (Å²) in [4.78, 5) is 0. The van der Waals surface area contributed by atoms with Crippen molar-refractivity contribution in [2.75, 3.05) is 0 Å². The lowest BCUT2D eigenvalue weighted by atomic mass is 9.96. The molecule has 0 saturated carbocycles. The van der Waals surface area contributed by atoms with Gasteiger partial charge in [0.05, 0.1) is 6.61 Å². The third kappa shape index (κ3) is 1.86. The minimum Gasteiger partial charge on any atom is -0.507 e. The van der Waals surface area contributed by atoms with Crippen molar-refractivity contribution in [3.63, 3.8) is 0 Å². The first kappa shape index (κ1) is 11.3. The lowest BCUT2D eigenvalue weighted by molar-refractivity contribution is 0.274. The van der Waals surface area contributed by atoms with E-state index in [4.69, 9.17) is 16.7 Å². The van der Waals surface area contributed by atoms with Gasteiger partial charge in [0, 0.05) is 10.6 Å². The number of phenols is 1. The highest BCUT2D eigenvalue weighted by Crippen LogP contribution is 2.35. The maximum atomic E-state index is 9.85. The van der Waals surface area contributed by atoms with Crippen molar-refractivity contribution in [1.82, 2.24) is 0 Å². The summed E-state index contributed by atoms with van der Waals surface area (Å²) < 4.78 is 0. The van der Waals surface area contributed by atoms with E-state index in [2.05, 4.69) is 0 Å². The smallest absolute Gasteiger partial charge is 0.124 e. The third-order valence-corrected chi connectivity index (χ3v) is 2.83. The molecule has 2 nitrogen and oxygen atoms in total. The summed E-state index contributed by atoms with van der Waals surface area (Å²) in [5.41, 5.74) is 2.06. The normalized spacial score (nSPS) is 11.0. The zero-order chi connectivity index (χ0) is 10.9. The number of halogens is 1. The van der Waals surface area contributed by atoms with E-state index in [0.29, 0.717) is 10.6 Å². The monoisotopic (exact) mass is 214 g/mol. The fraction of sp³-hybridized carbons (Fsp3) is 0.455. The van der Waals surface area contributed by atoms with Gasteiger partial charge in [0.2, 0.25) is 0 Å². The van der Waals surface area contributed by atoms with E-state index >= 15 is 0 Å². The van der Waals surface area contributed by atoms with Crippen LogP contribution in [-0.2, 0) is 6.61 Å². The lowest BCUT2D eigenvalue weighted by Crippen LogP contribution is -1.97. The SMILES string of the molecule is Cc1c(Cl)cc(C(C)C)c(O)c1CO. The summed E-state index contributed by atoms with van der Waals surface area (Å²) >= 11 is 5.99. The molecule has 1 aromatic rings. The Labute approximate surface area is 89.1 Å². The quantitative estimate of drug-likeness (QED) is 0.795. The molecule has 3 heteroatoms. The van der Waals surface area contributed by atoms with Crippen LogP contribution in [0.1, 0.15) is 36.5 Å². The first-order chi connectivity index (χ1) is 6.49. The van der Waals surface area contributed by atoms with Gasteiger partial charge in [0.15, 0.2) is 0 Å². The maximum Gasteiger partial charge on any atom is 0.124 e. The largest absolute Gasteiger partial charge is 0.507 e. The van der Waals surface area contributed by atoms with Crippen molar-refractivity contribution in [2.45, 2.75) is 33.3 Å². The molecule has 2 N–H and O–H groups in total. The molecule has 0 bridgehead atoms. The van der Waals surface area contributed by atoms with Crippen molar-refractivity contribution in [3.8, 4) is 5.75 Å². The molecule has 0 aromatic heterocycles. The van der Waals surface area contributed by atoms with Crippen LogP contribution in [0, 0.1) is 6.92 Å². The highest BCUT2D eigenvalue weighted by atomic mass is 35.5. The fourth-order valence-corrected chi connectivity index (χ4v) is 1.67. The average Bonchev–Trinajstić information content (AvgIpc) is 2.12. The highest BCUT2D eigenvalue weighted by molar-refractivity contribution is 6.31. The number of hydrogen-bond acceptors (Lipinski definition) is 2. The molecule has 1 aromatic carbocycles. The molecule has 0 heterocycles. The van der Waals surface area contributed by atoms with E-state index in [1.54, 1.807) is 13.0 Å². The second-order valence-corrected chi connectivity index (χ2v) is 4.12. The molecule has 14 heavy (non-hydrogen) atoms. The highest BCUT2D eigenvalue weighted by Gasteiger charge is 2.15. The summed E-state index contributed by atoms with van der Waals surface area (Å²) in [6, 6.07) is 1.76. The first-order valence-electron chi connectivity index (χ1n) is 4.60. The Kier molecular flexibility index (Phi) is 3.40. The standard InChI is InChI=1S/C11H15ClO2/c1-6(2)8-4-10(12)7(3)9(5-13)11(8)14/h4,6,13-14H,5H2,1-3H3. The Morgan fingerprint density at radius 1 is 1.43 bits per heavy atom. The number of benzene rings is 1. The van der Waals surface area contributed by atoms with E-state index in [-0.39, 0.29) is 18.3 Å². The number of hydrogen-bond donors (Lipinski definition) is 2. The molecule has 1 rings (SSSR count). The summed E-state index contributed by atoms with van der Waals surface area (Å²) in [6.45, 7) is 5.55. The van der Waals surface area contributed by atoms with E-state index in [1.165, 1.54) is 0 Å². The van der Waals surface area contributed by atoms with Crippen LogP contribution in [0.4, 0.5) is 0 Å². The molecule has 0 fully saturated rings. The molecule has 0 aliphatic rings. The molecule has 0 amide bonds. The number of aliphatic hydroxyl groups is 1. The second-order valence-electron chi connectivity index (χ2n) is 3.71. The molecule has 0 saturated heterocycles. The first-order valence-corrected chi connectivity index (χ1v) is 4.98. The van der Waals surface area contributed by atoms with Gasteiger partial charge < -0.3 is 10.2 Å². The van der Waals surface area contributed by atoms with Crippen LogP contribution < -0.4 is 0 Å². The van der Waals surface area contributed by atoms with Crippen molar-refractivity contribution < 1.29 is 10.2 Å². The Morgan fingerprint density at radius 2 is 2.00 bits per heavy atom. The van der Waals surface area contributed by atoms with Gasteiger partial charge in [-0.25, -0.2) is 0 Å². The van der Waals surface area contributed by atoms with Gasteiger partial charge in [-0.1, -0.05) is 25.4 Å². The minimum absolute atomic E-state index is 0.171. The summed E-state index contributed by atoms with van der Waals surface area (Å²) in [7, 11) is 0. The van der Waals surface area contributed by atoms with Crippen molar-refractivity contribution in [3.05, 3.63) is 27.8 Å². The summed E-state index contributed by atoms with van der Waals surface area (Å²) in [5, 5.41) is 19.6. The molecule has 78 valence electrons. The van der Waals surface area contributed by atoms with Gasteiger partial charge >= 0.3 is 0 Å². The van der Waals surface area contributed by atoms with Crippen LogP contribution >= 0.6 is 11.6 Å². The average molecular weight is 215 g/mol. The lowest BCUT2D eigenvalue weighted by Gasteiger charge is -2.15. The molecule has 0 unspecified atom stereocenters. The number of rotatable bonds is 2. The van der Waals surface area contributed by atoms with Gasteiger partial charge in [-0.2, -0.15) is 0 Å². The Hall–Kier alpha value is -0.730. The van der Waals surface area contributed by atoms with Crippen LogP contribution in [0.25, 0.3) is 0 Å². The molecular formula is C11H15ClO2. The third-order valence-electron chi connectivity index (χ3n) is 2.43. The van der Waals surface area contributed by atoms with Gasteiger partial charge in [-0.05, 0) is 30.0 Å². The predicted molar refractivity (Wildman–Crippen MR) is 57.9 cm³/mol. The summed E-state index contributed by atoms with van der Waals surface area (Å²) in [5.74, 6) is 0.364. The van der Waals surface area contributed by atoms with E-state index in [9.17, 15) is 5.11 Å². The second kappa shape index (κ2) is 4.20. The minimum atomic E-state index is -0.183. The zero-order valence-electron chi connectivity index (χ0n) is 8.63. The molecule has 0 spiro atoms. The Bertz CT molecular complexity index is 346. The summed E-state index contributed by atoms with van der Waals surface area (Å²) in [6.07, 6.45) is 0. The Morgan fingerprint density at radius 3 is 2.43 bits per heavy atom. The van der Waals surface area contributed by atoms with Crippen molar-refractivity contribution in [1.29, 1.82) is 0 Å².